The third-order valence-corrected chi connectivity index (χ3v) is 3.63. The van der Waals surface area contributed by atoms with Gasteiger partial charge in [0, 0.05) is 5.75 Å². The first-order valence-electron chi connectivity index (χ1n) is 5.70. The van der Waals surface area contributed by atoms with E-state index in [1.54, 1.807) is 11.8 Å². The molecule has 0 amide bonds. The zero-order chi connectivity index (χ0) is 12.4. The first kappa shape index (κ1) is 11.4. The average molecular weight is 263 g/mol. The highest BCUT2D eigenvalue weighted by molar-refractivity contribution is 7.98. The maximum atomic E-state index is 5.33. The molecule has 0 radical (unpaired) electrons. The standard InChI is InChI=1S/C10H13N7S/c11-13-9-3-1-2-7(12-9)6-18-10-14-15-16-17(10)8-4-5-8/h1-3,8H,4-6,11H2,(H,12,13). The van der Waals surface area contributed by atoms with Gasteiger partial charge in [0.05, 0.1) is 11.7 Å². The first-order valence-corrected chi connectivity index (χ1v) is 6.68. The van der Waals surface area contributed by atoms with Gasteiger partial charge in [0.15, 0.2) is 0 Å². The van der Waals surface area contributed by atoms with Crippen LogP contribution in [0.2, 0.25) is 0 Å². The van der Waals surface area contributed by atoms with Gasteiger partial charge in [-0.15, -0.1) is 5.10 Å². The van der Waals surface area contributed by atoms with E-state index in [1.807, 2.05) is 22.9 Å². The predicted molar refractivity (Wildman–Crippen MR) is 67.7 cm³/mol. The summed E-state index contributed by atoms with van der Waals surface area (Å²) in [6.45, 7) is 0. The topological polar surface area (TPSA) is 94.5 Å². The molecule has 0 aliphatic heterocycles. The van der Waals surface area contributed by atoms with Crippen LogP contribution in [0.4, 0.5) is 5.82 Å². The molecule has 3 N–H and O–H groups in total. The molecule has 7 nitrogen and oxygen atoms in total. The van der Waals surface area contributed by atoms with Gasteiger partial charge in [-0.3, -0.25) is 0 Å². The van der Waals surface area contributed by atoms with Crippen LogP contribution in [0.15, 0.2) is 23.4 Å². The molecule has 1 aliphatic carbocycles. The summed E-state index contributed by atoms with van der Waals surface area (Å²) in [7, 11) is 0. The molecule has 8 heteroatoms. The molecule has 2 aromatic heterocycles. The number of nitrogens with one attached hydrogen (secondary N) is 1. The Bertz CT molecular complexity index is 537. The fourth-order valence-corrected chi connectivity index (χ4v) is 2.46. The summed E-state index contributed by atoms with van der Waals surface area (Å²) in [6.07, 6.45) is 2.34. The second-order valence-electron chi connectivity index (χ2n) is 4.08. The minimum Gasteiger partial charge on any atom is -0.308 e. The first-order chi connectivity index (χ1) is 8.86. The maximum absolute atomic E-state index is 5.33. The number of aromatic nitrogens is 5. The molecule has 94 valence electrons. The summed E-state index contributed by atoms with van der Waals surface area (Å²) in [5.74, 6) is 6.71. The highest BCUT2D eigenvalue weighted by Gasteiger charge is 2.27. The molecule has 0 bridgehead atoms. The number of thioether (sulfide) groups is 1. The third-order valence-electron chi connectivity index (χ3n) is 2.66. The van der Waals surface area contributed by atoms with Crippen LogP contribution in [0.1, 0.15) is 24.6 Å². The molecular weight excluding hydrogens is 250 g/mol. The molecule has 2 heterocycles. The van der Waals surface area contributed by atoms with Gasteiger partial charge in [0.25, 0.3) is 0 Å². The van der Waals surface area contributed by atoms with E-state index in [2.05, 4.69) is 25.9 Å². The van der Waals surface area contributed by atoms with Crippen LogP contribution < -0.4 is 11.3 Å². The minimum atomic E-state index is 0.493. The van der Waals surface area contributed by atoms with Crippen LogP contribution >= 0.6 is 11.8 Å². The molecule has 1 fully saturated rings. The summed E-state index contributed by atoms with van der Waals surface area (Å²) >= 11 is 1.59. The van der Waals surface area contributed by atoms with Crippen molar-refractivity contribution < 1.29 is 0 Å². The Balaban J connectivity index is 1.67. The average Bonchev–Trinajstić information content (AvgIpc) is 3.15. The van der Waals surface area contributed by atoms with Gasteiger partial charge in [-0.2, -0.15) is 0 Å². The Kier molecular flexibility index (Phi) is 3.11. The molecule has 0 saturated heterocycles. The number of pyridine rings is 1. The Morgan fingerprint density at radius 2 is 2.33 bits per heavy atom. The van der Waals surface area contributed by atoms with Crippen molar-refractivity contribution in [1.29, 1.82) is 0 Å². The summed E-state index contributed by atoms with van der Waals surface area (Å²) < 4.78 is 1.90. The largest absolute Gasteiger partial charge is 0.308 e. The van der Waals surface area contributed by atoms with E-state index in [0.717, 1.165) is 16.6 Å². The molecule has 18 heavy (non-hydrogen) atoms. The number of hydrogen-bond acceptors (Lipinski definition) is 7. The van der Waals surface area contributed by atoms with E-state index >= 15 is 0 Å². The van der Waals surface area contributed by atoms with E-state index in [-0.39, 0.29) is 0 Å². The van der Waals surface area contributed by atoms with E-state index in [4.69, 9.17) is 5.84 Å². The lowest BCUT2D eigenvalue weighted by atomic mass is 10.4. The van der Waals surface area contributed by atoms with Crippen molar-refractivity contribution >= 4 is 17.6 Å². The lowest BCUT2D eigenvalue weighted by Gasteiger charge is -2.04. The lowest BCUT2D eigenvalue weighted by Crippen LogP contribution is -2.09. The quantitative estimate of drug-likeness (QED) is 0.471. The van der Waals surface area contributed by atoms with Crippen LogP contribution in [0.3, 0.4) is 0 Å². The SMILES string of the molecule is NNc1cccc(CSc2nnnn2C2CC2)n1. The van der Waals surface area contributed by atoms with Gasteiger partial charge in [0.2, 0.25) is 5.16 Å². The van der Waals surface area contributed by atoms with Gasteiger partial charge in [-0.05, 0) is 35.4 Å². The van der Waals surface area contributed by atoms with Crippen LogP contribution in [0.5, 0.6) is 0 Å². The Hall–Kier alpha value is -1.67. The third kappa shape index (κ3) is 2.44. The van der Waals surface area contributed by atoms with E-state index < -0.39 is 0 Å². The van der Waals surface area contributed by atoms with E-state index in [1.165, 1.54) is 12.8 Å². The molecule has 0 spiro atoms. The van der Waals surface area contributed by atoms with Crippen molar-refractivity contribution in [2.75, 3.05) is 5.43 Å². The highest BCUT2D eigenvalue weighted by Crippen LogP contribution is 2.36. The van der Waals surface area contributed by atoms with Gasteiger partial charge >= 0.3 is 0 Å². The highest BCUT2D eigenvalue weighted by atomic mass is 32.2. The van der Waals surface area contributed by atoms with Gasteiger partial charge in [0.1, 0.15) is 5.82 Å². The Morgan fingerprint density at radius 1 is 1.44 bits per heavy atom. The van der Waals surface area contributed by atoms with Gasteiger partial charge in [-0.25, -0.2) is 15.5 Å². The van der Waals surface area contributed by atoms with Crippen LogP contribution in [-0.4, -0.2) is 25.2 Å². The number of rotatable bonds is 5. The molecule has 0 aromatic carbocycles. The van der Waals surface area contributed by atoms with E-state index in [9.17, 15) is 0 Å². The fraction of sp³-hybridized carbons (Fsp3) is 0.400. The van der Waals surface area contributed by atoms with Crippen LogP contribution in [0, 0.1) is 0 Å². The normalized spacial score (nSPS) is 14.7. The molecule has 2 aromatic rings. The van der Waals surface area contributed by atoms with E-state index in [0.29, 0.717) is 11.9 Å². The number of nitrogens with zero attached hydrogens (tertiary/aromatic N) is 5. The van der Waals surface area contributed by atoms with Crippen LogP contribution in [-0.2, 0) is 5.75 Å². The number of hydrazine groups is 1. The molecule has 1 aliphatic rings. The summed E-state index contributed by atoms with van der Waals surface area (Å²) in [6, 6.07) is 6.19. The predicted octanol–water partition coefficient (Wildman–Crippen LogP) is 0.981. The molecular formula is C10H13N7S. The molecule has 1 saturated carbocycles. The summed E-state index contributed by atoms with van der Waals surface area (Å²) in [5, 5.41) is 12.6. The monoisotopic (exact) mass is 263 g/mol. The van der Waals surface area contributed by atoms with Crippen molar-refractivity contribution in [2.24, 2.45) is 5.84 Å². The van der Waals surface area contributed by atoms with Crippen LogP contribution in [0.25, 0.3) is 0 Å². The lowest BCUT2D eigenvalue weighted by molar-refractivity contribution is 0.565. The number of anilines is 1. The number of nitrogens with two attached hydrogens (primary N) is 1. The number of nitrogen functional groups attached to an aromatic ring is 1. The second-order valence-corrected chi connectivity index (χ2v) is 5.03. The molecule has 0 unspecified atom stereocenters. The minimum absolute atomic E-state index is 0.493. The van der Waals surface area contributed by atoms with Crippen molar-refractivity contribution in [1.82, 2.24) is 25.2 Å². The molecule has 0 atom stereocenters. The fourth-order valence-electron chi connectivity index (χ4n) is 1.61. The number of tetrazole rings is 1. The van der Waals surface area contributed by atoms with Crippen molar-refractivity contribution in [3.8, 4) is 0 Å². The summed E-state index contributed by atoms with van der Waals surface area (Å²) in [5.41, 5.74) is 3.48. The summed E-state index contributed by atoms with van der Waals surface area (Å²) in [4.78, 5) is 4.35. The van der Waals surface area contributed by atoms with Gasteiger partial charge in [-0.1, -0.05) is 17.8 Å². The zero-order valence-electron chi connectivity index (χ0n) is 9.65. The number of hydrogen-bond donors (Lipinski definition) is 2. The second kappa shape index (κ2) is 4.91. The Labute approximate surface area is 108 Å². The van der Waals surface area contributed by atoms with Crippen molar-refractivity contribution in [3.63, 3.8) is 0 Å². The van der Waals surface area contributed by atoms with Gasteiger partial charge < -0.3 is 5.43 Å². The Morgan fingerprint density at radius 3 is 3.11 bits per heavy atom. The molecule has 3 rings (SSSR count). The van der Waals surface area contributed by atoms with Crippen molar-refractivity contribution in [3.05, 3.63) is 23.9 Å². The maximum Gasteiger partial charge on any atom is 0.209 e. The smallest absolute Gasteiger partial charge is 0.209 e. The van der Waals surface area contributed by atoms with Crippen molar-refractivity contribution in [2.45, 2.75) is 29.8 Å². The zero-order valence-corrected chi connectivity index (χ0v) is 10.5.